The van der Waals surface area contributed by atoms with Gasteiger partial charge >= 0.3 is 0 Å². The molecule has 0 saturated carbocycles. The van der Waals surface area contributed by atoms with Crippen LogP contribution in [0.2, 0.25) is 5.02 Å². The first-order valence-corrected chi connectivity index (χ1v) is 39.0. The highest BCUT2D eigenvalue weighted by atomic mass is 35.5. The fourth-order valence-corrected chi connectivity index (χ4v) is 17.4. The van der Waals surface area contributed by atoms with Gasteiger partial charge in [-0.3, -0.25) is 28.8 Å². The maximum atomic E-state index is 15.8. The molecule has 3 fully saturated rings. The predicted octanol–water partition coefficient (Wildman–Crippen LogP) is 3.28. The van der Waals surface area contributed by atoms with Gasteiger partial charge in [0.2, 0.25) is 47.5 Å². The van der Waals surface area contributed by atoms with Crippen LogP contribution in [0.3, 0.4) is 0 Å². The Morgan fingerprint density at radius 3 is 2.20 bits per heavy atom. The first-order chi connectivity index (χ1) is 53.8. The molecule has 4 aliphatic carbocycles. The molecule has 0 radical (unpaired) electrons. The van der Waals surface area contributed by atoms with Crippen molar-refractivity contribution in [2.75, 3.05) is 20.3 Å². The number of allylic oxidation sites excluding steroid dienone is 9. The van der Waals surface area contributed by atoms with Gasteiger partial charge in [0, 0.05) is 53.8 Å². The van der Waals surface area contributed by atoms with E-state index in [9.17, 15) is 55.5 Å². The lowest BCUT2D eigenvalue weighted by Crippen LogP contribution is -2.63. The molecule has 3 aromatic carbocycles. The number of thiocarbonyl (C=S) groups is 1. The lowest BCUT2D eigenvalue weighted by Gasteiger charge is -2.49. The molecule has 8 aliphatic heterocycles. The molecule has 19 N–H and O–H groups in total. The molecule has 3 saturated heterocycles. The lowest BCUT2D eigenvalue weighted by atomic mass is 9.75. The highest BCUT2D eigenvalue weighted by Crippen LogP contribution is 2.51. The van der Waals surface area contributed by atoms with Crippen molar-refractivity contribution in [2.45, 2.75) is 206 Å². The van der Waals surface area contributed by atoms with Gasteiger partial charge < -0.3 is 123 Å². The average Bonchev–Trinajstić information content (AvgIpc) is 1.72. The van der Waals surface area contributed by atoms with E-state index >= 15 is 19.2 Å². The minimum atomic E-state index is -1.99. The first kappa shape index (κ1) is 82.7. The number of ether oxygens (including phenoxy) is 6. The second-order valence-corrected chi connectivity index (χ2v) is 32.4. The third-order valence-corrected chi connectivity index (χ3v) is 23.6. The number of alkyl halides is 1. The normalized spacial score (nSPS) is 33.2. The minimum absolute atomic E-state index is 0.00363. The van der Waals surface area contributed by atoms with Crippen LogP contribution in [-0.4, -0.2) is 215 Å². The molecule has 21 atom stereocenters. The van der Waals surface area contributed by atoms with Crippen LogP contribution in [0.4, 0.5) is 0 Å². The van der Waals surface area contributed by atoms with E-state index < -0.39 is 192 Å². The third kappa shape index (κ3) is 17.3. The van der Waals surface area contributed by atoms with Gasteiger partial charge in [-0.05, 0) is 151 Å². The average molecular weight is 1640 g/mol. The summed E-state index contributed by atoms with van der Waals surface area (Å²) in [4.78, 5) is 89.0. The Labute approximate surface area is 670 Å². The van der Waals surface area contributed by atoms with Crippen molar-refractivity contribution in [3.63, 3.8) is 0 Å². The van der Waals surface area contributed by atoms with Gasteiger partial charge in [-0.2, -0.15) is 0 Å². The standard InChI is InChI=1S/C79H92Cl3N9O21S/c1-32(2)18-48(84-5)72(102)89-64-66(98)37-10-16-53(46(81)21-37)108-55-23-39-24-56(69(55)112-78-70-61(68(100)57(31-93)110-78)43-19-34(6-14-42(43)35-7-12-40(80)13-8-35)29-85-79(4)28-59(111-70)107-33(3)71(79)101)109-54-17-11-38(22-47(54)82)67(99)65-76(106)87-50(30-92)44-25-41(94)26-52(96)60(44)45-20-36(9-15-51(45)95)62(74(104)90-65)91-77(113)63(39)88-73(103)49(27-58(83)97)86-75(64)105/h6-9,11-15,17,19,21,23-25,32-33,41,45,47-50,57,59,61-68,70-71,78,84-85,92-96,98-101H,10,16,18,20,22,26-31H2,1-5H3,(H2,83,97)(H,86,105)(H,87,106)(H,88,103)(H,89,102)(H,90,104)(H,91,113)/t33?,41?,45?,47?,48-,49+,50-,57?,59+,61+,62-,63-,64-,65+,66-,67-,68?,70?,71-,78-,79?/m1/s1. The van der Waals surface area contributed by atoms with Gasteiger partial charge in [-0.15, -0.1) is 11.6 Å². The zero-order valence-electron chi connectivity index (χ0n) is 62.1. The van der Waals surface area contributed by atoms with E-state index in [1.165, 1.54) is 55.6 Å². The number of benzene rings is 3. The summed E-state index contributed by atoms with van der Waals surface area (Å²) in [6.07, 6.45) is -8.84. The third-order valence-electron chi connectivity index (χ3n) is 22.3. The molecule has 0 aromatic heterocycles. The van der Waals surface area contributed by atoms with Crippen molar-refractivity contribution in [1.29, 1.82) is 0 Å². The van der Waals surface area contributed by atoms with Crippen LogP contribution in [-0.2, 0) is 49.5 Å². The lowest BCUT2D eigenvalue weighted by molar-refractivity contribution is -0.317. The molecule has 3 aromatic rings. The van der Waals surface area contributed by atoms with Crippen molar-refractivity contribution >= 4 is 87.5 Å². The highest BCUT2D eigenvalue weighted by Gasteiger charge is 2.54. The Bertz CT molecular complexity index is 4550. The number of halogens is 3. The zero-order chi connectivity index (χ0) is 80.9. The zero-order valence-corrected chi connectivity index (χ0v) is 65.2. The molecule has 8 heterocycles. The van der Waals surface area contributed by atoms with Crippen LogP contribution < -0.4 is 62.5 Å². The molecule has 15 rings (SSSR count). The summed E-state index contributed by atoms with van der Waals surface area (Å²) in [6.45, 7) is 5.77. The molecule has 8 unspecified atom stereocenters. The van der Waals surface area contributed by atoms with Gasteiger partial charge in [0.1, 0.15) is 76.9 Å². The number of nitrogens with one attached hydrogen (secondary N) is 8. The fraction of sp³-hybridized carbons (Fsp3) is 0.481. The highest BCUT2D eigenvalue weighted by molar-refractivity contribution is 7.80. The van der Waals surface area contributed by atoms with Crippen LogP contribution in [0.15, 0.2) is 147 Å². The molecule has 30 nitrogen and oxygen atoms in total. The number of hydrogen-bond donors (Lipinski definition) is 18. The van der Waals surface area contributed by atoms with Crippen LogP contribution >= 0.6 is 47.0 Å². The summed E-state index contributed by atoms with van der Waals surface area (Å²) in [7, 11) is 1.53. The van der Waals surface area contributed by atoms with E-state index in [-0.39, 0.29) is 130 Å². The van der Waals surface area contributed by atoms with Crippen LogP contribution in [0.25, 0.3) is 11.1 Å². The molecule has 113 heavy (non-hydrogen) atoms. The minimum Gasteiger partial charge on any atom is -0.512 e. The maximum absolute atomic E-state index is 15.8. The molecular weight excluding hydrogens is 1550 g/mol. The molecule has 6 amide bonds. The molecule has 0 spiro atoms. The number of primary amides is 1. The summed E-state index contributed by atoms with van der Waals surface area (Å²) in [6, 6.07) is 3.37. The summed E-state index contributed by atoms with van der Waals surface area (Å²) >= 11 is 27.7. The number of rotatable bonds is 12. The summed E-state index contributed by atoms with van der Waals surface area (Å²) < 4.78 is 41.9. The number of carbonyl (C=O) groups excluding carboxylic acids is 6. The van der Waals surface area contributed by atoms with Gasteiger partial charge in [0.05, 0.1) is 72.3 Å². The van der Waals surface area contributed by atoms with E-state index in [1.54, 1.807) is 31.2 Å². The van der Waals surface area contributed by atoms with Gasteiger partial charge in [-0.1, -0.05) is 91.8 Å². The number of amides is 6. The van der Waals surface area contributed by atoms with Crippen molar-refractivity contribution in [3.8, 4) is 28.4 Å². The van der Waals surface area contributed by atoms with Crippen LogP contribution in [0.5, 0.6) is 17.2 Å². The Morgan fingerprint density at radius 1 is 0.788 bits per heavy atom. The van der Waals surface area contributed by atoms with Crippen LogP contribution in [0.1, 0.15) is 108 Å². The number of nitrogens with two attached hydrogens (primary N) is 1. The SMILES string of the molecule is CN[C@H](CC(C)C)C(=O)N[C@H]1C(=O)N[C@@H](CC(N)=O)C(=O)N[C@H]2C(=S)N[C@H]3C(=O)N[C@H](C(=O)N[C@H](CO)C4=CC(O)CC(O)=C4C4CC3=CC=C4O)[C@H](O)C3=CC=C(Oc4cc2cc(c4O[C@H]2OC(CO)C(O)[C@@H]4c5cc(ccc5-c5ccc(Cl)cc5)CNC5(C)C[C@H](OC24)OC(C)[C@H]5O)OC2=C(Cl)C=C(CC2)[C@H]1O)C(Cl)C3. The van der Waals surface area contributed by atoms with E-state index in [4.69, 9.17) is 81.2 Å². The number of fused-ring (bicyclic) bond motifs is 21. The quantitative estimate of drug-likeness (QED) is 0.0913. The van der Waals surface area contributed by atoms with Gasteiger partial charge in [0.15, 0.2) is 17.8 Å². The first-order valence-electron chi connectivity index (χ1n) is 37.4. The largest absolute Gasteiger partial charge is 0.512 e. The number of carbonyl (C=O) groups is 6. The monoisotopic (exact) mass is 1640 g/mol. The second-order valence-electron chi connectivity index (χ2n) is 30.6. The van der Waals surface area contributed by atoms with Crippen LogP contribution in [0, 0.1) is 11.8 Å². The number of hydrogen-bond acceptors (Lipinski definition) is 24. The van der Waals surface area contributed by atoms with E-state index in [0.717, 1.165) is 0 Å². The van der Waals surface area contributed by atoms with Crippen molar-refractivity contribution in [2.24, 2.45) is 17.6 Å². The van der Waals surface area contributed by atoms with Crippen molar-refractivity contribution in [3.05, 3.63) is 169 Å². The summed E-state index contributed by atoms with van der Waals surface area (Å²) in [5.74, 6) is -11.0. The second kappa shape index (κ2) is 34.2. The fourth-order valence-electron chi connectivity index (χ4n) is 16.4. The molecule has 606 valence electrons. The molecule has 34 heteroatoms. The van der Waals surface area contributed by atoms with Gasteiger partial charge in [0.25, 0.3) is 0 Å². The van der Waals surface area contributed by atoms with Gasteiger partial charge in [-0.25, -0.2) is 0 Å². The van der Waals surface area contributed by atoms with Crippen molar-refractivity contribution < 1.29 is 103 Å². The number of likely N-dealkylation sites (N-methyl/N-ethyl adjacent to an activating group) is 1. The van der Waals surface area contributed by atoms with E-state index in [2.05, 4.69) is 42.5 Å². The number of aliphatic hydroxyl groups is 9. The smallest absolute Gasteiger partial charge is 0.247 e. The Balaban J connectivity index is 1.05. The molecule has 15 bridgehead atoms. The Hall–Kier alpha value is -8.32. The number of aliphatic hydroxyl groups excluding tert-OH is 9. The Morgan fingerprint density at radius 2 is 1.51 bits per heavy atom. The molecule has 12 aliphatic rings. The van der Waals surface area contributed by atoms with Crippen molar-refractivity contribution in [1.82, 2.24) is 42.5 Å². The van der Waals surface area contributed by atoms with E-state index in [0.29, 0.717) is 27.3 Å². The summed E-state index contributed by atoms with van der Waals surface area (Å²) in [5.41, 5.74) is 7.32. The topological polar surface area (TPSA) is 462 Å². The maximum Gasteiger partial charge on any atom is 0.247 e. The summed E-state index contributed by atoms with van der Waals surface area (Å²) in [5, 5.41) is 129. The molecular formula is C79H92Cl3N9O21S. The van der Waals surface area contributed by atoms with E-state index in [1.807, 2.05) is 39.0 Å². The predicted molar refractivity (Wildman–Crippen MR) is 414 cm³/mol. The Kier molecular flexibility index (Phi) is 25.0.